The Morgan fingerprint density at radius 3 is 2.31 bits per heavy atom. The molecule has 11 heteroatoms. The first-order valence-electron chi connectivity index (χ1n) is 15.2. The lowest BCUT2D eigenvalue weighted by Crippen LogP contribution is -2.45. The van der Waals surface area contributed by atoms with E-state index < -0.39 is 29.1 Å². The molecule has 2 atom stereocenters. The molecule has 0 bridgehead atoms. The molecule has 242 valence electrons. The first-order chi connectivity index (χ1) is 23.4. The van der Waals surface area contributed by atoms with Gasteiger partial charge in [0.05, 0.1) is 18.5 Å². The number of aliphatic imine (C=N–C) groups is 1. The fourth-order valence-electron chi connectivity index (χ4n) is 5.05. The number of thioether (sulfide) groups is 1. The SMILES string of the molecule is O=C(N[C@@H](Cc1ccccc1)C(=O)Nc1ccc(C2SC(=Nc3cccc(F)c3)N(Cc3ccco3)C2=O)cc1)OCc1ccccc1. The summed E-state index contributed by atoms with van der Waals surface area (Å²) in [6.45, 7) is 0.237. The van der Waals surface area contributed by atoms with Gasteiger partial charge in [0.2, 0.25) is 11.8 Å². The van der Waals surface area contributed by atoms with Gasteiger partial charge < -0.3 is 19.8 Å². The first-order valence-corrected chi connectivity index (χ1v) is 16.1. The number of anilines is 1. The van der Waals surface area contributed by atoms with Crippen molar-refractivity contribution in [2.75, 3.05) is 5.32 Å². The second-order valence-corrected chi connectivity index (χ2v) is 12.0. The zero-order valence-electron chi connectivity index (χ0n) is 25.6. The maximum Gasteiger partial charge on any atom is 0.408 e. The molecular weight excluding hydrogens is 631 g/mol. The van der Waals surface area contributed by atoms with E-state index in [1.165, 1.54) is 35.1 Å². The van der Waals surface area contributed by atoms with E-state index in [2.05, 4.69) is 15.6 Å². The molecule has 1 fully saturated rings. The molecule has 3 amide bonds. The maximum atomic E-state index is 13.9. The summed E-state index contributed by atoms with van der Waals surface area (Å²) in [6, 6.07) is 34.0. The predicted octanol–water partition coefficient (Wildman–Crippen LogP) is 7.40. The van der Waals surface area contributed by atoms with E-state index in [0.717, 1.165) is 11.1 Å². The second-order valence-electron chi connectivity index (χ2n) is 10.9. The Bertz CT molecular complexity index is 1890. The van der Waals surface area contributed by atoms with Gasteiger partial charge in [0.1, 0.15) is 29.5 Å². The van der Waals surface area contributed by atoms with Crippen LogP contribution >= 0.6 is 11.8 Å². The predicted molar refractivity (Wildman–Crippen MR) is 182 cm³/mol. The Kier molecular flexibility index (Phi) is 10.3. The molecule has 1 unspecified atom stereocenters. The van der Waals surface area contributed by atoms with Crippen molar-refractivity contribution in [1.29, 1.82) is 0 Å². The molecular formula is C37H31FN4O5S. The largest absolute Gasteiger partial charge is 0.467 e. The number of ether oxygens (including phenoxy) is 1. The molecule has 2 heterocycles. The van der Waals surface area contributed by atoms with Gasteiger partial charge >= 0.3 is 6.09 Å². The van der Waals surface area contributed by atoms with Crippen LogP contribution in [0.5, 0.6) is 0 Å². The van der Waals surface area contributed by atoms with Gasteiger partial charge in [-0.3, -0.25) is 14.5 Å². The highest BCUT2D eigenvalue weighted by atomic mass is 32.2. The van der Waals surface area contributed by atoms with Gasteiger partial charge in [0.25, 0.3) is 0 Å². The number of furan rings is 1. The molecule has 0 aliphatic carbocycles. The first kappa shape index (κ1) is 32.3. The third-order valence-electron chi connectivity index (χ3n) is 7.46. The summed E-state index contributed by atoms with van der Waals surface area (Å²) in [7, 11) is 0. The van der Waals surface area contributed by atoms with Crippen molar-refractivity contribution in [3.05, 3.63) is 156 Å². The molecule has 0 spiro atoms. The molecule has 2 N–H and O–H groups in total. The second kappa shape index (κ2) is 15.3. The highest BCUT2D eigenvalue weighted by Crippen LogP contribution is 2.41. The zero-order chi connectivity index (χ0) is 33.3. The van der Waals surface area contributed by atoms with E-state index in [-0.39, 0.29) is 25.5 Å². The lowest BCUT2D eigenvalue weighted by molar-refractivity contribution is -0.126. The summed E-state index contributed by atoms with van der Waals surface area (Å²) in [5, 5.41) is 5.36. The maximum absolute atomic E-state index is 13.9. The number of alkyl carbamates (subject to hydrolysis) is 1. The number of amidine groups is 1. The number of amides is 3. The standard InChI is InChI=1S/C37H31FN4O5S/c38-28-13-7-14-30(22-28)40-36-42(23-31-15-8-20-46-31)35(44)33(48-36)27-16-18-29(19-17-27)39-34(43)32(21-25-9-3-1-4-10-25)41-37(45)47-24-26-11-5-2-6-12-26/h1-20,22,32-33H,21,23-24H2,(H,39,43)(H,41,45)/t32-,33?/m0/s1. The molecule has 1 aromatic heterocycles. The fourth-order valence-corrected chi connectivity index (χ4v) is 6.22. The minimum atomic E-state index is -0.918. The van der Waals surface area contributed by atoms with Crippen LogP contribution in [0.15, 0.2) is 137 Å². The smallest absolute Gasteiger partial charge is 0.408 e. The molecule has 0 radical (unpaired) electrons. The summed E-state index contributed by atoms with van der Waals surface area (Å²) in [5.41, 5.74) is 3.25. The highest BCUT2D eigenvalue weighted by Gasteiger charge is 2.39. The van der Waals surface area contributed by atoms with Crippen molar-refractivity contribution in [1.82, 2.24) is 10.2 Å². The molecule has 5 aromatic rings. The van der Waals surface area contributed by atoms with Crippen molar-refractivity contribution in [3.8, 4) is 0 Å². The van der Waals surface area contributed by atoms with Crippen LogP contribution in [0.4, 0.5) is 20.6 Å². The molecule has 9 nitrogen and oxygen atoms in total. The lowest BCUT2D eigenvalue weighted by atomic mass is 10.1. The lowest BCUT2D eigenvalue weighted by Gasteiger charge is -2.19. The van der Waals surface area contributed by atoms with E-state index in [4.69, 9.17) is 9.15 Å². The fraction of sp³-hybridized carbons (Fsp3) is 0.135. The minimum Gasteiger partial charge on any atom is -0.467 e. The summed E-state index contributed by atoms with van der Waals surface area (Å²) in [6.07, 6.45) is 1.07. The van der Waals surface area contributed by atoms with Crippen LogP contribution in [-0.2, 0) is 33.9 Å². The van der Waals surface area contributed by atoms with E-state index >= 15 is 0 Å². The van der Waals surface area contributed by atoms with Crippen molar-refractivity contribution in [3.63, 3.8) is 0 Å². The molecule has 1 aliphatic heterocycles. The van der Waals surface area contributed by atoms with Gasteiger partial charge in [0, 0.05) is 12.1 Å². The number of rotatable bonds is 11. The molecule has 48 heavy (non-hydrogen) atoms. The van der Waals surface area contributed by atoms with Crippen LogP contribution in [0, 0.1) is 5.82 Å². The quantitative estimate of drug-likeness (QED) is 0.152. The van der Waals surface area contributed by atoms with Gasteiger partial charge in [-0.15, -0.1) is 0 Å². The van der Waals surface area contributed by atoms with Crippen LogP contribution in [-0.4, -0.2) is 34.0 Å². The van der Waals surface area contributed by atoms with Crippen LogP contribution < -0.4 is 10.6 Å². The topological polar surface area (TPSA) is 113 Å². The zero-order valence-corrected chi connectivity index (χ0v) is 26.4. The van der Waals surface area contributed by atoms with E-state index in [1.54, 1.807) is 48.5 Å². The van der Waals surface area contributed by atoms with Crippen LogP contribution in [0.3, 0.4) is 0 Å². The molecule has 1 aliphatic rings. The van der Waals surface area contributed by atoms with Crippen LogP contribution in [0.25, 0.3) is 0 Å². The van der Waals surface area contributed by atoms with Crippen LogP contribution in [0.1, 0.15) is 27.7 Å². The number of nitrogens with one attached hydrogen (secondary N) is 2. The highest BCUT2D eigenvalue weighted by molar-refractivity contribution is 8.15. The normalized spacial score (nSPS) is 15.7. The number of hydrogen-bond donors (Lipinski definition) is 2. The average Bonchev–Trinajstić information content (AvgIpc) is 3.73. The Morgan fingerprint density at radius 2 is 1.62 bits per heavy atom. The number of hydrogen-bond acceptors (Lipinski definition) is 7. The summed E-state index contributed by atoms with van der Waals surface area (Å²) in [5.74, 6) is -0.478. The van der Waals surface area contributed by atoms with Gasteiger partial charge in [-0.05, 0) is 59.2 Å². The van der Waals surface area contributed by atoms with E-state index in [0.29, 0.717) is 27.9 Å². The summed E-state index contributed by atoms with van der Waals surface area (Å²) < 4.78 is 24.7. The number of benzene rings is 4. The average molecular weight is 663 g/mol. The van der Waals surface area contributed by atoms with Gasteiger partial charge in [0.15, 0.2) is 5.17 Å². The van der Waals surface area contributed by atoms with Gasteiger partial charge in [-0.25, -0.2) is 14.2 Å². The number of halogens is 1. The monoisotopic (exact) mass is 662 g/mol. The Morgan fingerprint density at radius 1 is 0.896 bits per heavy atom. The Balaban J connectivity index is 1.15. The number of carbonyl (C=O) groups excluding carboxylic acids is 3. The summed E-state index contributed by atoms with van der Waals surface area (Å²) in [4.78, 5) is 45.9. The minimum absolute atomic E-state index is 0.0688. The molecule has 1 saturated heterocycles. The van der Waals surface area contributed by atoms with Gasteiger partial charge in [-0.2, -0.15) is 0 Å². The third-order valence-corrected chi connectivity index (χ3v) is 8.69. The summed E-state index contributed by atoms with van der Waals surface area (Å²) >= 11 is 1.25. The molecule has 6 rings (SSSR count). The van der Waals surface area contributed by atoms with Gasteiger partial charge in [-0.1, -0.05) is 90.6 Å². The van der Waals surface area contributed by atoms with Crippen molar-refractivity contribution < 1.29 is 27.9 Å². The Labute approximate surface area is 280 Å². The molecule has 0 saturated carbocycles. The van der Waals surface area contributed by atoms with Crippen molar-refractivity contribution in [2.24, 2.45) is 4.99 Å². The molecule has 4 aromatic carbocycles. The van der Waals surface area contributed by atoms with Crippen molar-refractivity contribution in [2.45, 2.75) is 30.9 Å². The Hall–Kier alpha value is -5.68. The number of carbonyl (C=O) groups is 3. The van der Waals surface area contributed by atoms with E-state index in [1.807, 2.05) is 60.7 Å². The van der Waals surface area contributed by atoms with Crippen LogP contribution in [0.2, 0.25) is 0 Å². The number of nitrogens with zero attached hydrogens (tertiary/aromatic N) is 2. The van der Waals surface area contributed by atoms with E-state index in [9.17, 15) is 18.8 Å². The van der Waals surface area contributed by atoms with Crippen molar-refractivity contribution >= 4 is 46.2 Å². The third kappa shape index (κ3) is 8.37.